The van der Waals surface area contributed by atoms with Gasteiger partial charge in [0.2, 0.25) is 0 Å². The zero-order valence-electron chi connectivity index (χ0n) is 13.0. The van der Waals surface area contributed by atoms with Crippen molar-refractivity contribution < 1.29 is 9.13 Å². The number of methoxy groups -OCH3 is 1. The molecule has 3 heteroatoms. The minimum Gasteiger partial charge on any atom is -0.497 e. The summed E-state index contributed by atoms with van der Waals surface area (Å²) >= 11 is 0. The molecule has 0 aromatic heterocycles. The Morgan fingerprint density at radius 1 is 1.38 bits per heavy atom. The summed E-state index contributed by atoms with van der Waals surface area (Å²) in [7, 11) is 1.52. The van der Waals surface area contributed by atoms with Crippen molar-refractivity contribution in [2.75, 3.05) is 7.11 Å². The minimum absolute atomic E-state index is 0.317. The first kappa shape index (κ1) is 15.8. The number of hydrogen-bond acceptors (Lipinski definition) is 2. The first-order chi connectivity index (χ1) is 10.1. The summed E-state index contributed by atoms with van der Waals surface area (Å²) in [5.74, 6) is 0.886. The summed E-state index contributed by atoms with van der Waals surface area (Å²) in [5.41, 5.74) is -0.112. The molecule has 0 unspecified atom stereocenters. The highest BCUT2D eigenvalue weighted by Crippen LogP contribution is 2.43. The van der Waals surface area contributed by atoms with Gasteiger partial charge in [-0.05, 0) is 37.7 Å². The highest BCUT2D eigenvalue weighted by molar-refractivity contribution is 5.38. The third kappa shape index (κ3) is 3.37. The molecule has 2 rings (SSSR count). The number of halogens is 1. The topological polar surface area (TPSA) is 33.0 Å². The summed E-state index contributed by atoms with van der Waals surface area (Å²) in [6.45, 7) is 2.20. The van der Waals surface area contributed by atoms with Crippen LogP contribution in [0.5, 0.6) is 5.75 Å². The van der Waals surface area contributed by atoms with Crippen LogP contribution < -0.4 is 4.74 Å². The Labute approximate surface area is 126 Å². The fraction of sp³-hybridized carbons (Fsp3) is 0.611. The molecule has 1 saturated carbocycles. The van der Waals surface area contributed by atoms with Crippen LogP contribution in [0.3, 0.4) is 0 Å². The van der Waals surface area contributed by atoms with Crippen LogP contribution in [0.2, 0.25) is 0 Å². The lowest BCUT2D eigenvalue weighted by Gasteiger charge is -2.35. The summed E-state index contributed by atoms with van der Waals surface area (Å²) in [6.07, 6.45) is 7.29. The van der Waals surface area contributed by atoms with Crippen LogP contribution in [0.15, 0.2) is 18.2 Å². The molecule has 0 N–H and O–H groups in total. The van der Waals surface area contributed by atoms with E-state index in [0.717, 1.165) is 25.7 Å². The molecule has 0 amide bonds. The molecule has 2 nitrogen and oxygen atoms in total. The van der Waals surface area contributed by atoms with Gasteiger partial charge in [0.05, 0.1) is 18.6 Å². The van der Waals surface area contributed by atoms with E-state index in [-0.39, 0.29) is 5.82 Å². The van der Waals surface area contributed by atoms with E-state index in [2.05, 4.69) is 13.0 Å². The molecule has 0 spiro atoms. The second-order valence-corrected chi connectivity index (χ2v) is 6.13. The fourth-order valence-corrected chi connectivity index (χ4v) is 3.40. The van der Waals surface area contributed by atoms with Gasteiger partial charge in [-0.3, -0.25) is 0 Å². The van der Waals surface area contributed by atoms with Crippen molar-refractivity contribution in [3.63, 3.8) is 0 Å². The summed E-state index contributed by atoms with van der Waals surface area (Å²) in [4.78, 5) is 0. The SMILES string of the molecule is CCCC[C@H]1CC[C@@](C#N)(c2ccc(OC)cc2F)CC1. The predicted octanol–water partition coefficient (Wildman–Crippen LogP) is 4.98. The fourth-order valence-electron chi connectivity index (χ4n) is 3.40. The quantitative estimate of drug-likeness (QED) is 0.766. The van der Waals surface area contributed by atoms with Crippen LogP contribution in [0, 0.1) is 23.1 Å². The molecule has 0 saturated heterocycles. The molecule has 0 atom stereocenters. The first-order valence-electron chi connectivity index (χ1n) is 7.90. The van der Waals surface area contributed by atoms with Crippen LogP contribution >= 0.6 is 0 Å². The zero-order valence-corrected chi connectivity index (χ0v) is 13.0. The molecule has 1 aromatic rings. The van der Waals surface area contributed by atoms with Gasteiger partial charge < -0.3 is 4.74 Å². The van der Waals surface area contributed by atoms with Gasteiger partial charge >= 0.3 is 0 Å². The Balaban J connectivity index is 2.15. The average Bonchev–Trinajstić information content (AvgIpc) is 2.53. The van der Waals surface area contributed by atoms with Gasteiger partial charge in [0.15, 0.2) is 0 Å². The van der Waals surface area contributed by atoms with Crippen molar-refractivity contribution >= 4 is 0 Å². The highest BCUT2D eigenvalue weighted by Gasteiger charge is 2.38. The van der Waals surface area contributed by atoms with E-state index in [1.54, 1.807) is 12.1 Å². The molecule has 0 heterocycles. The van der Waals surface area contributed by atoms with Crippen molar-refractivity contribution in [2.24, 2.45) is 5.92 Å². The molecule has 0 bridgehead atoms. The van der Waals surface area contributed by atoms with E-state index in [1.165, 1.54) is 32.4 Å². The number of hydrogen-bond donors (Lipinski definition) is 0. The van der Waals surface area contributed by atoms with E-state index < -0.39 is 5.41 Å². The molecule has 1 fully saturated rings. The number of benzene rings is 1. The molecule has 1 aliphatic carbocycles. The van der Waals surface area contributed by atoms with E-state index in [9.17, 15) is 9.65 Å². The Kier molecular flexibility index (Phi) is 5.22. The van der Waals surface area contributed by atoms with Gasteiger partial charge in [-0.2, -0.15) is 5.26 Å². The lowest BCUT2D eigenvalue weighted by molar-refractivity contribution is 0.258. The number of rotatable bonds is 5. The van der Waals surface area contributed by atoms with E-state index in [1.807, 2.05) is 0 Å². The van der Waals surface area contributed by atoms with Crippen molar-refractivity contribution in [3.8, 4) is 11.8 Å². The molecule has 21 heavy (non-hydrogen) atoms. The van der Waals surface area contributed by atoms with Crippen LogP contribution in [0.4, 0.5) is 4.39 Å². The van der Waals surface area contributed by atoms with Crippen LogP contribution in [-0.2, 0) is 5.41 Å². The molecule has 114 valence electrons. The van der Waals surface area contributed by atoms with Gasteiger partial charge in [-0.1, -0.05) is 32.3 Å². The van der Waals surface area contributed by atoms with Crippen LogP contribution in [0.25, 0.3) is 0 Å². The summed E-state index contributed by atoms with van der Waals surface area (Å²) in [6, 6.07) is 7.27. The lowest BCUT2D eigenvalue weighted by Crippen LogP contribution is -2.31. The molecule has 1 aromatic carbocycles. The summed E-state index contributed by atoms with van der Waals surface area (Å²) < 4.78 is 19.4. The maximum atomic E-state index is 14.3. The average molecular weight is 289 g/mol. The van der Waals surface area contributed by atoms with Crippen LogP contribution in [0.1, 0.15) is 57.4 Å². The normalized spacial score (nSPS) is 25.3. The van der Waals surface area contributed by atoms with Gasteiger partial charge in [0.1, 0.15) is 11.6 Å². The van der Waals surface area contributed by atoms with Crippen molar-refractivity contribution in [1.82, 2.24) is 0 Å². The third-order valence-corrected chi connectivity index (χ3v) is 4.83. The molecule has 0 radical (unpaired) electrons. The maximum absolute atomic E-state index is 14.3. The number of nitriles is 1. The van der Waals surface area contributed by atoms with Gasteiger partial charge in [-0.25, -0.2) is 4.39 Å². The third-order valence-electron chi connectivity index (χ3n) is 4.83. The number of nitrogens with zero attached hydrogens (tertiary/aromatic N) is 1. The molecule has 1 aliphatic rings. The van der Waals surface area contributed by atoms with Gasteiger partial charge in [0.25, 0.3) is 0 Å². The zero-order chi connectivity index (χ0) is 15.3. The number of unbranched alkanes of at least 4 members (excludes halogenated alkanes) is 1. The van der Waals surface area contributed by atoms with Crippen LogP contribution in [-0.4, -0.2) is 7.11 Å². The Hall–Kier alpha value is -1.56. The highest BCUT2D eigenvalue weighted by atomic mass is 19.1. The monoisotopic (exact) mass is 289 g/mol. The maximum Gasteiger partial charge on any atom is 0.131 e. The summed E-state index contributed by atoms with van der Waals surface area (Å²) in [5, 5.41) is 9.66. The smallest absolute Gasteiger partial charge is 0.131 e. The molecule has 0 aliphatic heterocycles. The Bertz CT molecular complexity index is 512. The second-order valence-electron chi connectivity index (χ2n) is 6.13. The van der Waals surface area contributed by atoms with Crippen molar-refractivity contribution in [1.29, 1.82) is 5.26 Å². The largest absolute Gasteiger partial charge is 0.497 e. The standard InChI is InChI=1S/C18H24FNO/c1-3-4-5-14-8-10-18(13-20,11-9-14)16-7-6-15(21-2)12-17(16)19/h6-7,12,14H,3-5,8-11H2,1-2H3/t14-,18+. The second kappa shape index (κ2) is 6.93. The van der Waals surface area contributed by atoms with E-state index >= 15 is 0 Å². The van der Waals surface area contributed by atoms with E-state index in [0.29, 0.717) is 17.2 Å². The van der Waals surface area contributed by atoms with Crippen molar-refractivity contribution in [2.45, 2.75) is 57.3 Å². The molecular formula is C18H24FNO. The number of ether oxygens (including phenoxy) is 1. The van der Waals surface area contributed by atoms with Gasteiger partial charge in [0, 0.05) is 11.6 Å². The lowest BCUT2D eigenvalue weighted by atomic mass is 9.66. The molecular weight excluding hydrogens is 265 g/mol. The first-order valence-corrected chi connectivity index (χ1v) is 7.90. The van der Waals surface area contributed by atoms with E-state index in [4.69, 9.17) is 4.74 Å². The predicted molar refractivity (Wildman–Crippen MR) is 81.7 cm³/mol. The van der Waals surface area contributed by atoms with Crippen molar-refractivity contribution in [3.05, 3.63) is 29.6 Å². The Morgan fingerprint density at radius 3 is 2.62 bits per heavy atom. The van der Waals surface area contributed by atoms with Gasteiger partial charge in [-0.15, -0.1) is 0 Å². The minimum atomic E-state index is -0.654. The Morgan fingerprint density at radius 2 is 2.10 bits per heavy atom.